The molecule has 0 aliphatic carbocycles. The van der Waals surface area contributed by atoms with Gasteiger partial charge in [-0.1, -0.05) is 0 Å². The van der Waals surface area contributed by atoms with Gasteiger partial charge >= 0.3 is 6.09 Å². The Morgan fingerprint density at radius 3 is 2.35 bits per heavy atom. The quantitative estimate of drug-likeness (QED) is 0.563. The third-order valence-corrected chi connectivity index (χ3v) is 2.83. The average molecular weight is 241 g/mol. The SMILES string of the molecule is CC1CN(C(=O)OC(C)(C)C)C(C)CN1C=N. The topological polar surface area (TPSA) is 56.6 Å². The summed E-state index contributed by atoms with van der Waals surface area (Å²) in [5.74, 6) is 0. The van der Waals surface area contributed by atoms with E-state index >= 15 is 0 Å². The van der Waals surface area contributed by atoms with Crippen molar-refractivity contribution < 1.29 is 9.53 Å². The highest BCUT2D eigenvalue weighted by molar-refractivity contribution is 5.69. The maximum atomic E-state index is 12.0. The Morgan fingerprint density at radius 2 is 1.88 bits per heavy atom. The van der Waals surface area contributed by atoms with E-state index in [0.29, 0.717) is 13.1 Å². The molecule has 0 saturated carbocycles. The Morgan fingerprint density at radius 1 is 1.29 bits per heavy atom. The summed E-state index contributed by atoms with van der Waals surface area (Å²) in [4.78, 5) is 15.7. The predicted octanol–water partition coefficient (Wildman–Crippen LogP) is 1.92. The molecule has 1 aliphatic heterocycles. The number of carbonyl (C=O) groups excluding carboxylic acids is 1. The van der Waals surface area contributed by atoms with Gasteiger partial charge in [-0.3, -0.25) is 5.41 Å². The molecule has 1 saturated heterocycles. The minimum absolute atomic E-state index is 0.0719. The number of rotatable bonds is 1. The highest BCUT2D eigenvalue weighted by Gasteiger charge is 2.33. The van der Waals surface area contributed by atoms with Crippen LogP contribution in [-0.4, -0.2) is 53.0 Å². The van der Waals surface area contributed by atoms with E-state index in [4.69, 9.17) is 10.1 Å². The van der Waals surface area contributed by atoms with Crippen molar-refractivity contribution in [1.29, 1.82) is 5.41 Å². The van der Waals surface area contributed by atoms with Gasteiger partial charge in [0.05, 0.1) is 6.34 Å². The molecule has 0 radical (unpaired) electrons. The van der Waals surface area contributed by atoms with Gasteiger partial charge in [0.1, 0.15) is 5.60 Å². The molecule has 1 heterocycles. The van der Waals surface area contributed by atoms with Crippen LogP contribution in [0.3, 0.4) is 0 Å². The van der Waals surface area contributed by atoms with Crippen molar-refractivity contribution >= 4 is 12.4 Å². The van der Waals surface area contributed by atoms with Crippen LogP contribution in [0.15, 0.2) is 0 Å². The summed E-state index contributed by atoms with van der Waals surface area (Å²) >= 11 is 0. The van der Waals surface area contributed by atoms with Crippen LogP contribution < -0.4 is 0 Å². The van der Waals surface area contributed by atoms with Gasteiger partial charge in [0.2, 0.25) is 0 Å². The second-order valence-corrected chi connectivity index (χ2v) is 5.66. The van der Waals surface area contributed by atoms with Gasteiger partial charge in [-0.2, -0.15) is 0 Å². The first kappa shape index (κ1) is 13.8. The van der Waals surface area contributed by atoms with Crippen LogP contribution in [0.2, 0.25) is 0 Å². The van der Waals surface area contributed by atoms with Crippen molar-refractivity contribution in [2.24, 2.45) is 0 Å². The normalized spacial score (nSPS) is 25.7. The zero-order chi connectivity index (χ0) is 13.2. The molecule has 17 heavy (non-hydrogen) atoms. The Hall–Kier alpha value is -1.26. The number of nitrogens with one attached hydrogen (secondary N) is 1. The molecule has 0 aromatic heterocycles. The lowest BCUT2D eigenvalue weighted by Crippen LogP contribution is -2.58. The minimum atomic E-state index is -0.460. The monoisotopic (exact) mass is 241 g/mol. The van der Waals surface area contributed by atoms with Gasteiger partial charge in [-0.05, 0) is 34.6 Å². The number of ether oxygens (including phenoxy) is 1. The highest BCUT2D eigenvalue weighted by Crippen LogP contribution is 2.17. The molecule has 0 spiro atoms. The van der Waals surface area contributed by atoms with Crippen LogP contribution in [0.1, 0.15) is 34.6 Å². The molecular formula is C12H23N3O2. The fraction of sp³-hybridized carbons (Fsp3) is 0.833. The lowest BCUT2D eigenvalue weighted by Gasteiger charge is -2.43. The smallest absolute Gasteiger partial charge is 0.410 e. The summed E-state index contributed by atoms with van der Waals surface area (Å²) in [6.07, 6.45) is 1.08. The summed E-state index contributed by atoms with van der Waals surface area (Å²) in [7, 11) is 0. The number of hydrogen-bond donors (Lipinski definition) is 1. The van der Waals surface area contributed by atoms with Gasteiger partial charge < -0.3 is 14.5 Å². The van der Waals surface area contributed by atoms with Crippen molar-refractivity contribution in [2.75, 3.05) is 13.1 Å². The Kier molecular flexibility index (Phi) is 4.01. The second-order valence-electron chi connectivity index (χ2n) is 5.66. The number of piperazine rings is 1. The first-order valence-corrected chi connectivity index (χ1v) is 6.00. The molecule has 5 heteroatoms. The van der Waals surface area contributed by atoms with E-state index < -0.39 is 5.60 Å². The summed E-state index contributed by atoms with van der Waals surface area (Å²) < 4.78 is 5.38. The highest BCUT2D eigenvalue weighted by atomic mass is 16.6. The molecule has 1 amide bonds. The lowest BCUT2D eigenvalue weighted by molar-refractivity contribution is 0.000944. The van der Waals surface area contributed by atoms with Gasteiger partial charge in [0.25, 0.3) is 0 Å². The molecule has 1 fully saturated rings. The molecule has 1 aliphatic rings. The van der Waals surface area contributed by atoms with Crippen molar-refractivity contribution in [3.05, 3.63) is 0 Å². The predicted molar refractivity (Wildman–Crippen MR) is 67.4 cm³/mol. The van der Waals surface area contributed by atoms with Gasteiger partial charge in [-0.25, -0.2) is 4.79 Å². The van der Waals surface area contributed by atoms with Crippen LogP contribution in [-0.2, 0) is 4.74 Å². The molecule has 2 unspecified atom stereocenters. The molecule has 98 valence electrons. The summed E-state index contributed by atoms with van der Waals surface area (Å²) in [6, 6.07) is 0.235. The fourth-order valence-electron chi connectivity index (χ4n) is 1.91. The van der Waals surface area contributed by atoms with E-state index in [1.54, 1.807) is 4.90 Å². The first-order valence-electron chi connectivity index (χ1n) is 6.00. The first-order chi connectivity index (χ1) is 7.74. The molecule has 0 aromatic rings. The standard InChI is InChI=1S/C12H23N3O2/c1-9-7-15(10(2)6-14(9)8-13)11(16)17-12(3,4)5/h8-10,13H,6-7H2,1-5H3. The largest absolute Gasteiger partial charge is 0.444 e. The molecule has 0 bridgehead atoms. The summed E-state index contributed by atoms with van der Waals surface area (Å²) in [5.41, 5.74) is -0.460. The van der Waals surface area contributed by atoms with Gasteiger partial charge in [0.15, 0.2) is 0 Å². The van der Waals surface area contributed by atoms with E-state index in [0.717, 1.165) is 0 Å². The number of amides is 1. The third kappa shape index (κ3) is 3.61. The average Bonchev–Trinajstić information content (AvgIpc) is 2.18. The van der Waals surface area contributed by atoms with Crippen molar-refractivity contribution in [3.8, 4) is 0 Å². The number of hydrogen-bond acceptors (Lipinski definition) is 3. The zero-order valence-electron chi connectivity index (χ0n) is 11.4. The molecule has 5 nitrogen and oxygen atoms in total. The number of carbonyl (C=O) groups is 1. The van der Waals surface area contributed by atoms with Crippen LogP contribution in [0.5, 0.6) is 0 Å². The minimum Gasteiger partial charge on any atom is -0.444 e. The maximum absolute atomic E-state index is 12.0. The second kappa shape index (κ2) is 4.94. The van der Waals surface area contributed by atoms with Crippen molar-refractivity contribution in [3.63, 3.8) is 0 Å². The summed E-state index contributed by atoms with van der Waals surface area (Å²) in [5, 5.41) is 7.30. The van der Waals surface area contributed by atoms with Crippen LogP contribution >= 0.6 is 0 Å². The van der Waals surface area contributed by atoms with E-state index in [-0.39, 0.29) is 18.2 Å². The van der Waals surface area contributed by atoms with E-state index in [1.165, 1.54) is 6.34 Å². The Balaban J connectivity index is 2.66. The third-order valence-electron chi connectivity index (χ3n) is 2.83. The van der Waals surface area contributed by atoms with E-state index in [2.05, 4.69) is 0 Å². The Labute approximate surface area is 103 Å². The lowest BCUT2D eigenvalue weighted by atomic mass is 10.1. The molecular weight excluding hydrogens is 218 g/mol. The van der Waals surface area contributed by atoms with Crippen LogP contribution in [0.25, 0.3) is 0 Å². The van der Waals surface area contributed by atoms with Crippen molar-refractivity contribution in [2.45, 2.75) is 52.3 Å². The summed E-state index contributed by atoms with van der Waals surface area (Å²) in [6.45, 7) is 10.9. The van der Waals surface area contributed by atoms with Crippen molar-refractivity contribution in [1.82, 2.24) is 9.80 Å². The molecule has 0 aromatic carbocycles. The van der Waals surface area contributed by atoms with Gasteiger partial charge in [0, 0.05) is 25.2 Å². The van der Waals surface area contributed by atoms with E-state index in [1.807, 2.05) is 39.5 Å². The van der Waals surface area contributed by atoms with Crippen LogP contribution in [0.4, 0.5) is 4.79 Å². The van der Waals surface area contributed by atoms with E-state index in [9.17, 15) is 4.79 Å². The molecule has 1 rings (SSSR count). The van der Waals surface area contributed by atoms with Crippen LogP contribution in [0, 0.1) is 5.41 Å². The zero-order valence-corrected chi connectivity index (χ0v) is 11.4. The molecule has 1 N–H and O–H groups in total. The number of nitrogens with zero attached hydrogens (tertiary/aromatic N) is 2. The maximum Gasteiger partial charge on any atom is 0.410 e. The Bertz CT molecular complexity index is 299. The fourth-order valence-corrected chi connectivity index (χ4v) is 1.91. The van der Waals surface area contributed by atoms with Gasteiger partial charge in [-0.15, -0.1) is 0 Å². The molecule has 2 atom stereocenters.